The van der Waals surface area contributed by atoms with Crippen LogP contribution in [0.3, 0.4) is 0 Å². The minimum atomic E-state index is -4.47. The van der Waals surface area contributed by atoms with Crippen LogP contribution in [0, 0.1) is 0 Å². The van der Waals surface area contributed by atoms with Crippen LogP contribution in [-0.4, -0.2) is 54.6 Å². The van der Waals surface area contributed by atoms with E-state index in [1.165, 1.54) is 5.56 Å². The minimum absolute atomic E-state index is 0.0168. The number of piperazine rings is 1. The SMILES string of the molecule is CC1Cc2ccccc2N1C(=O)CN1CCN(c2ncc(C(F)(F)F)cc2Cl)CC1. The Bertz CT molecular complexity index is 944. The predicted octanol–water partition coefficient (Wildman–Crippen LogP) is 3.85. The Labute approximate surface area is 178 Å². The highest BCUT2D eigenvalue weighted by Crippen LogP contribution is 2.34. The highest BCUT2D eigenvalue weighted by molar-refractivity contribution is 6.33. The summed E-state index contributed by atoms with van der Waals surface area (Å²) in [4.78, 5) is 22.7. The van der Waals surface area contributed by atoms with Crippen LogP contribution in [0.1, 0.15) is 18.1 Å². The molecule has 2 aliphatic heterocycles. The molecule has 0 bridgehead atoms. The molecule has 0 aliphatic carbocycles. The van der Waals surface area contributed by atoms with Gasteiger partial charge in [-0.1, -0.05) is 29.8 Å². The molecule has 2 aliphatic rings. The normalized spacial score (nSPS) is 19.8. The summed E-state index contributed by atoms with van der Waals surface area (Å²) in [6, 6.07) is 9.00. The molecule has 1 saturated heterocycles. The Morgan fingerprint density at radius 1 is 1.20 bits per heavy atom. The largest absolute Gasteiger partial charge is 0.417 e. The summed E-state index contributed by atoms with van der Waals surface area (Å²) in [5, 5.41) is -0.0168. The molecule has 0 spiro atoms. The maximum atomic E-state index is 13.0. The van der Waals surface area contributed by atoms with E-state index in [0.717, 1.165) is 24.4 Å². The molecule has 30 heavy (non-hydrogen) atoms. The van der Waals surface area contributed by atoms with Gasteiger partial charge in [-0.3, -0.25) is 9.69 Å². The van der Waals surface area contributed by atoms with Gasteiger partial charge in [-0.05, 0) is 31.0 Å². The van der Waals surface area contributed by atoms with E-state index in [1.54, 1.807) is 0 Å². The van der Waals surface area contributed by atoms with Gasteiger partial charge in [-0.25, -0.2) is 4.98 Å². The molecule has 3 heterocycles. The number of rotatable bonds is 3. The molecule has 1 unspecified atom stereocenters. The number of anilines is 2. The van der Waals surface area contributed by atoms with Gasteiger partial charge < -0.3 is 9.80 Å². The van der Waals surface area contributed by atoms with Gasteiger partial charge in [0.15, 0.2) is 0 Å². The average molecular weight is 439 g/mol. The molecule has 1 aromatic heterocycles. The van der Waals surface area contributed by atoms with E-state index in [1.807, 2.05) is 34.9 Å². The van der Waals surface area contributed by atoms with E-state index < -0.39 is 11.7 Å². The Morgan fingerprint density at radius 2 is 1.90 bits per heavy atom. The van der Waals surface area contributed by atoms with Crippen LogP contribution in [0.5, 0.6) is 0 Å². The van der Waals surface area contributed by atoms with E-state index in [9.17, 15) is 18.0 Å². The highest BCUT2D eigenvalue weighted by atomic mass is 35.5. The maximum Gasteiger partial charge on any atom is 0.417 e. The monoisotopic (exact) mass is 438 g/mol. The Morgan fingerprint density at radius 3 is 2.57 bits per heavy atom. The van der Waals surface area contributed by atoms with Crippen LogP contribution < -0.4 is 9.80 Å². The second kappa shape index (κ2) is 8.07. The van der Waals surface area contributed by atoms with E-state index >= 15 is 0 Å². The van der Waals surface area contributed by atoms with Crippen molar-refractivity contribution in [1.29, 1.82) is 0 Å². The van der Waals surface area contributed by atoms with Crippen LogP contribution in [0.15, 0.2) is 36.5 Å². The highest BCUT2D eigenvalue weighted by Gasteiger charge is 2.34. The van der Waals surface area contributed by atoms with Crippen LogP contribution in [-0.2, 0) is 17.4 Å². The van der Waals surface area contributed by atoms with E-state index in [4.69, 9.17) is 11.6 Å². The van der Waals surface area contributed by atoms with Crippen molar-refractivity contribution >= 4 is 29.0 Å². The Balaban J connectivity index is 1.37. The zero-order chi connectivity index (χ0) is 21.5. The lowest BCUT2D eigenvalue weighted by molar-refractivity contribution is -0.137. The number of halogens is 4. The van der Waals surface area contributed by atoms with Crippen molar-refractivity contribution in [3.8, 4) is 0 Å². The number of aromatic nitrogens is 1. The smallest absolute Gasteiger partial charge is 0.353 e. The molecule has 4 rings (SSSR count). The summed E-state index contributed by atoms with van der Waals surface area (Å²) in [6.07, 6.45) is -2.81. The Kier molecular flexibility index (Phi) is 5.63. The molecular weight excluding hydrogens is 417 g/mol. The number of alkyl halides is 3. The van der Waals surface area contributed by atoms with Crippen LogP contribution in [0.4, 0.5) is 24.7 Å². The fourth-order valence-electron chi connectivity index (χ4n) is 4.15. The number of fused-ring (bicyclic) bond motifs is 1. The van der Waals surface area contributed by atoms with Gasteiger partial charge in [0.1, 0.15) is 5.82 Å². The lowest BCUT2D eigenvalue weighted by atomic mass is 10.1. The van der Waals surface area contributed by atoms with Crippen molar-refractivity contribution in [2.45, 2.75) is 25.6 Å². The first kappa shape index (κ1) is 20.9. The number of pyridine rings is 1. The first-order valence-corrected chi connectivity index (χ1v) is 10.2. The van der Waals surface area contributed by atoms with Crippen LogP contribution in [0.2, 0.25) is 5.02 Å². The number of carbonyl (C=O) groups excluding carboxylic acids is 1. The first-order valence-electron chi connectivity index (χ1n) is 9.84. The molecule has 9 heteroatoms. The fourth-order valence-corrected chi connectivity index (χ4v) is 4.44. The fraction of sp³-hybridized carbons (Fsp3) is 0.429. The summed E-state index contributed by atoms with van der Waals surface area (Å²) in [5.41, 5.74) is 1.31. The molecule has 0 radical (unpaired) electrons. The van der Waals surface area contributed by atoms with Crippen molar-refractivity contribution in [1.82, 2.24) is 9.88 Å². The lowest BCUT2D eigenvalue weighted by Gasteiger charge is -2.36. The number of carbonyl (C=O) groups is 1. The molecule has 2 aromatic rings. The van der Waals surface area contributed by atoms with Gasteiger partial charge in [0.05, 0.1) is 17.1 Å². The number of nitrogens with zero attached hydrogens (tertiary/aromatic N) is 4. The molecule has 1 aromatic carbocycles. The zero-order valence-electron chi connectivity index (χ0n) is 16.5. The van der Waals surface area contributed by atoms with Gasteiger partial charge in [-0.2, -0.15) is 13.2 Å². The van der Waals surface area contributed by atoms with Crippen LogP contribution in [0.25, 0.3) is 0 Å². The molecule has 1 fully saturated rings. The number of hydrogen-bond donors (Lipinski definition) is 0. The van der Waals surface area contributed by atoms with Crippen LogP contribution >= 0.6 is 11.6 Å². The summed E-state index contributed by atoms with van der Waals surface area (Å²) in [5.74, 6) is 0.407. The zero-order valence-corrected chi connectivity index (χ0v) is 17.2. The van der Waals surface area contributed by atoms with E-state index in [2.05, 4.69) is 16.0 Å². The number of benzene rings is 1. The molecule has 1 amide bonds. The van der Waals surface area contributed by atoms with Gasteiger partial charge in [0.25, 0.3) is 0 Å². The average Bonchev–Trinajstić information content (AvgIpc) is 3.03. The Hall–Kier alpha value is -2.32. The van der Waals surface area contributed by atoms with Crippen molar-refractivity contribution < 1.29 is 18.0 Å². The molecule has 160 valence electrons. The molecular formula is C21H22ClF3N4O. The summed E-state index contributed by atoms with van der Waals surface area (Å²) < 4.78 is 38.4. The van der Waals surface area contributed by atoms with E-state index in [0.29, 0.717) is 38.5 Å². The standard InChI is InChI=1S/C21H22ClF3N4O/c1-14-10-15-4-2-3-5-18(15)29(14)19(30)13-27-6-8-28(9-7-27)20-17(22)11-16(12-26-20)21(23,24)25/h2-5,11-12,14H,6-10,13H2,1H3. The molecule has 0 N–H and O–H groups in total. The number of hydrogen-bond acceptors (Lipinski definition) is 4. The summed E-state index contributed by atoms with van der Waals surface area (Å²) in [6.45, 7) is 4.65. The first-order chi connectivity index (χ1) is 14.2. The predicted molar refractivity (Wildman–Crippen MR) is 110 cm³/mol. The second-order valence-corrected chi connectivity index (χ2v) is 8.14. The minimum Gasteiger partial charge on any atom is -0.353 e. The lowest BCUT2D eigenvalue weighted by Crippen LogP contribution is -2.51. The second-order valence-electron chi connectivity index (χ2n) is 7.74. The van der Waals surface area contributed by atoms with Crippen molar-refractivity contribution in [3.63, 3.8) is 0 Å². The topological polar surface area (TPSA) is 39.7 Å². The van der Waals surface area contributed by atoms with Gasteiger partial charge in [0, 0.05) is 44.1 Å². The third-order valence-electron chi connectivity index (χ3n) is 5.66. The molecule has 0 saturated carbocycles. The summed E-state index contributed by atoms with van der Waals surface area (Å²) in [7, 11) is 0. The van der Waals surface area contributed by atoms with Crippen molar-refractivity contribution in [2.24, 2.45) is 0 Å². The van der Waals surface area contributed by atoms with Crippen molar-refractivity contribution in [2.75, 3.05) is 42.5 Å². The quantitative estimate of drug-likeness (QED) is 0.729. The number of amides is 1. The van der Waals surface area contributed by atoms with Gasteiger partial charge >= 0.3 is 6.18 Å². The third-order valence-corrected chi connectivity index (χ3v) is 5.93. The van der Waals surface area contributed by atoms with Gasteiger partial charge in [0.2, 0.25) is 5.91 Å². The van der Waals surface area contributed by atoms with Crippen molar-refractivity contribution in [3.05, 3.63) is 52.7 Å². The number of para-hydroxylation sites is 1. The third kappa shape index (κ3) is 4.11. The maximum absolute atomic E-state index is 13.0. The van der Waals surface area contributed by atoms with E-state index in [-0.39, 0.29) is 17.0 Å². The molecule has 5 nitrogen and oxygen atoms in total. The van der Waals surface area contributed by atoms with Gasteiger partial charge in [-0.15, -0.1) is 0 Å². The molecule has 1 atom stereocenters. The summed E-state index contributed by atoms with van der Waals surface area (Å²) >= 11 is 6.06.